The monoisotopic (exact) mass is 288 g/mol. The first-order chi connectivity index (χ1) is 9.51. The normalized spacial score (nSPS) is 11.1. The summed E-state index contributed by atoms with van der Waals surface area (Å²) < 4.78 is 0. The van der Waals surface area contributed by atoms with Crippen LogP contribution in [-0.2, 0) is 6.42 Å². The van der Waals surface area contributed by atoms with Crippen molar-refractivity contribution in [3.63, 3.8) is 0 Å². The Morgan fingerprint density at radius 2 is 1.95 bits per heavy atom. The van der Waals surface area contributed by atoms with E-state index in [4.69, 9.17) is 5.73 Å². The maximum Gasteiger partial charge on any atom is 0.141 e. The van der Waals surface area contributed by atoms with Gasteiger partial charge in [-0.05, 0) is 30.9 Å². The molecule has 5 heteroatoms. The van der Waals surface area contributed by atoms with E-state index >= 15 is 0 Å². The second kappa shape index (κ2) is 6.22. The largest absolute Gasteiger partial charge is 0.383 e. The van der Waals surface area contributed by atoms with E-state index in [9.17, 15) is 0 Å². The van der Waals surface area contributed by atoms with Gasteiger partial charge in [0, 0.05) is 23.0 Å². The molecule has 0 aromatic carbocycles. The van der Waals surface area contributed by atoms with E-state index in [0.717, 1.165) is 17.0 Å². The Hall–Kier alpha value is -1.62. The molecule has 4 nitrogen and oxygen atoms in total. The van der Waals surface area contributed by atoms with Crippen LogP contribution in [0.5, 0.6) is 0 Å². The van der Waals surface area contributed by atoms with Crippen molar-refractivity contribution in [1.29, 1.82) is 0 Å². The molecule has 0 unspecified atom stereocenters. The fourth-order valence-electron chi connectivity index (χ4n) is 1.88. The summed E-state index contributed by atoms with van der Waals surface area (Å²) in [6, 6.07) is 2.14. The third-order valence-corrected chi connectivity index (χ3v) is 4.17. The first-order valence-electron chi connectivity index (χ1n) is 6.77. The summed E-state index contributed by atoms with van der Waals surface area (Å²) in [5.74, 6) is 1.65. The van der Waals surface area contributed by atoms with Crippen molar-refractivity contribution in [2.75, 3.05) is 5.73 Å². The van der Waals surface area contributed by atoms with Gasteiger partial charge in [0.15, 0.2) is 0 Å². The standard InChI is InChI=1S/C15H20N4S/c1-5-11-6-13(12(7-18-11)9(2)3)20-14-8-17-10(4)19-15(14)16/h6-9H,5H2,1-4H3,(H2,16,17,19). The smallest absolute Gasteiger partial charge is 0.141 e. The van der Waals surface area contributed by atoms with Crippen molar-refractivity contribution in [2.24, 2.45) is 0 Å². The lowest BCUT2D eigenvalue weighted by Crippen LogP contribution is -1.99. The van der Waals surface area contributed by atoms with Gasteiger partial charge in [-0.15, -0.1) is 0 Å². The number of pyridine rings is 1. The minimum atomic E-state index is 0.420. The average Bonchev–Trinajstić information content (AvgIpc) is 2.41. The Bertz CT molecular complexity index is 611. The molecule has 0 radical (unpaired) electrons. The van der Waals surface area contributed by atoms with Gasteiger partial charge in [0.25, 0.3) is 0 Å². The van der Waals surface area contributed by atoms with Crippen LogP contribution in [0.4, 0.5) is 5.82 Å². The highest BCUT2D eigenvalue weighted by Crippen LogP contribution is 2.35. The van der Waals surface area contributed by atoms with Crippen LogP contribution in [0.3, 0.4) is 0 Å². The lowest BCUT2D eigenvalue weighted by Gasteiger charge is -2.13. The molecule has 20 heavy (non-hydrogen) atoms. The molecule has 2 rings (SSSR count). The molecule has 0 aliphatic carbocycles. The molecule has 2 aromatic rings. The number of hydrogen-bond donors (Lipinski definition) is 1. The first kappa shape index (κ1) is 14.8. The SMILES string of the molecule is CCc1cc(Sc2cnc(C)nc2N)c(C(C)C)cn1. The number of rotatable bonds is 4. The highest BCUT2D eigenvalue weighted by atomic mass is 32.2. The predicted molar refractivity (Wildman–Crippen MR) is 83.0 cm³/mol. The second-order valence-corrected chi connectivity index (χ2v) is 6.07. The summed E-state index contributed by atoms with van der Waals surface area (Å²) in [7, 11) is 0. The molecule has 0 saturated heterocycles. The van der Waals surface area contributed by atoms with E-state index in [1.807, 2.05) is 13.1 Å². The fourth-order valence-corrected chi connectivity index (χ4v) is 2.97. The number of hydrogen-bond acceptors (Lipinski definition) is 5. The Morgan fingerprint density at radius 1 is 1.20 bits per heavy atom. The lowest BCUT2D eigenvalue weighted by molar-refractivity contribution is 0.823. The number of nitrogens with two attached hydrogens (primary N) is 1. The number of aryl methyl sites for hydroxylation is 2. The van der Waals surface area contributed by atoms with E-state index in [1.54, 1.807) is 18.0 Å². The molecule has 106 valence electrons. The maximum atomic E-state index is 5.98. The van der Waals surface area contributed by atoms with E-state index in [1.165, 1.54) is 10.5 Å². The van der Waals surface area contributed by atoms with Gasteiger partial charge in [-0.2, -0.15) is 0 Å². The second-order valence-electron chi connectivity index (χ2n) is 4.99. The van der Waals surface area contributed by atoms with Gasteiger partial charge in [0.2, 0.25) is 0 Å². The summed E-state index contributed by atoms with van der Waals surface area (Å²) in [6.45, 7) is 8.28. The van der Waals surface area contributed by atoms with Crippen LogP contribution in [0.25, 0.3) is 0 Å². The highest BCUT2D eigenvalue weighted by Gasteiger charge is 2.12. The van der Waals surface area contributed by atoms with E-state index in [2.05, 4.69) is 41.8 Å². The van der Waals surface area contributed by atoms with Crippen LogP contribution >= 0.6 is 11.8 Å². The Labute approximate surface area is 124 Å². The topological polar surface area (TPSA) is 64.7 Å². The Morgan fingerprint density at radius 3 is 2.55 bits per heavy atom. The summed E-state index contributed by atoms with van der Waals surface area (Å²) in [4.78, 5) is 15.0. The predicted octanol–water partition coefficient (Wildman–Crippen LogP) is 3.60. The van der Waals surface area contributed by atoms with Crippen LogP contribution in [0.2, 0.25) is 0 Å². The van der Waals surface area contributed by atoms with Gasteiger partial charge >= 0.3 is 0 Å². The van der Waals surface area contributed by atoms with Crippen LogP contribution in [0.1, 0.15) is 43.8 Å². The molecule has 0 atom stereocenters. The highest BCUT2D eigenvalue weighted by molar-refractivity contribution is 7.99. The van der Waals surface area contributed by atoms with Crippen molar-refractivity contribution in [1.82, 2.24) is 15.0 Å². The van der Waals surface area contributed by atoms with Gasteiger partial charge in [-0.3, -0.25) is 4.98 Å². The molecule has 2 aromatic heterocycles. The third-order valence-electron chi connectivity index (χ3n) is 3.06. The van der Waals surface area contributed by atoms with Crippen LogP contribution in [-0.4, -0.2) is 15.0 Å². The molecular weight excluding hydrogens is 268 g/mol. The number of aromatic nitrogens is 3. The third kappa shape index (κ3) is 3.28. The molecule has 0 aliphatic rings. The summed E-state index contributed by atoms with van der Waals surface area (Å²) in [5, 5.41) is 0. The minimum absolute atomic E-state index is 0.420. The van der Waals surface area contributed by atoms with Crippen molar-refractivity contribution in [3.8, 4) is 0 Å². The zero-order valence-electron chi connectivity index (χ0n) is 12.3. The molecule has 0 spiro atoms. The molecular formula is C15H20N4S. The molecule has 2 N–H and O–H groups in total. The van der Waals surface area contributed by atoms with Gasteiger partial charge in [0.1, 0.15) is 11.6 Å². The Kier molecular flexibility index (Phi) is 4.60. The van der Waals surface area contributed by atoms with E-state index in [-0.39, 0.29) is 0 Å². The van der Waals surface area contributed by atoms with Crippen molar-refractivity contribution >= 4 is 17.6 Å². The van der Waals surface area contributed by atoms with Crippen LogP contribution < -0.4 is 5.73 Å². The van der Waals surface area contributed by atoms with Crippen LogP contribution in [0, 0.1) is 6.92 Å². The Balaban J connectivity index is 2.40. The first-order valence-corrected chi connectivity index (χ1v) is 7.58. The molecule has 0 saturated carbocycles. The zero-order chi connectivity index (χ0) is 14.7. The number of nitrogen functional groups attached to an aromatic ring is 1. The van der Waals surface area contributed by atoms with E-state index < -0.39 is 0 Å². The summed E-state index contributed by atoms with van der Waals surface area (Å²) in [6.07, 6.45) is 4.68. The number of anilines is 1. The zero-order valence-corrected chi connectivity index (χ0v) is 13.2. The average molecular weight is 288 g/mol. The fraction of sp³-hybridized carbons (Fsp3) is 0.400. The summed E-state index contributed by atoms with van der Waals surface area (Å²) in [5.41, 5.74) is 8.29. The van der Waals surface area contributed by atoms with E-state index in [0.29, 0.717) is 17.6 Å². The van der Waals surface area contributed by atoms with Gasteiger partial charge < -0.3 is 5.73 Å². The van der Waals surface area contributed by atoms with Crippen molar-refractivity contribution in [2.45, 2.75) is 49.8 Å². The van der Waals surface area contributed by atoms with Gasteiger partial charge in [-0.1, -0.05) is 32.5 Å². The van der Waals surface area contributed by atoms with Gasteiger partial charge in [0.05, 0.1) is 4.90 Å². The van der Waals surface area contributed by atoms with Crippen LogP contribution in [0.15, 0.2) is 28.3 Å². The number of nitrogens with zero attached hydrogens (tertiary/aromatic N) is 3. The lowest BCUT2D eigenvalue weighted by atomic mass is 10.1. The quantitative estimate of drug-likeness (QED) is 0.931. The molecule has 0 fully saturated rings. The molecule has 0 aliphatic heterocycles. The molecule has 0 amide bonds. The molecule has 0 bridgehead atoms. The minimum Gasteiger partial charge on any atom is -0.383 e. The van der Waals surface area contributed by atoms with Crippen molar-refractivity contribution in [3.05, 3.63) is 35.5 Å². The molecule has 2 heterocycles. The summed E-state index contributed by atoms with van der Waals surface area (Å²) >= 11 is 1.62. The van der Waals surface area contributed by atoms with Crippen molar-refractivity contribution < 1.29 is 0 Å². The maximum absolute atomic E-state index is 5.98. The van der Waals surface area contributed by atoms with Gasteiger partial charge in [-0.25, -0.2) is 9.97 Å².